The Bertz CT molecular complexity index is 928. The van der Waals surface area contributed by atoms with E-state index >= 15 is 0 Å². The van der Waals surface area contributed by atoms with Gasteiger partial charge in [0, 0.05) is 24.4 Å². The van der Waals surface area contributed by atoms with Crippen LogP contribution in [-0.4, -0.2) is 16.5 Å². The largest absolute Gasteiger partial charge is 0.376 e. The van der Waals surface area contributed by atoms with Gasteiger partial charge in [-0.3, -0.25) is 4.98 Å². The molecule has 0 saturated heterocycles. The molecule has 0 aliphatic heterocycles. The molecule has 1 aliphatic carbocycles. The highest BCUT2D eigenvalue weighted by Gasteiger charge is 2.54. The van der Waals surface area contributed by atoms with E-state index in [1.165, 1.54) is 16.7 Å². The lowest BCUT2D eigenvalue weighted by Gasteiger charge is -2.18. The van der Waals surface area contributed by atoms with Gasteiger partial charge in [0.05, 0.1) is 4.99 Å². The van der Waals surface area contributed by atoms with Gasteiger partial charge in [-0.05, 0) is 60.4 Å². The molecule has 3 heteroatoms. The van der Waals surface area contributed by atoms with Gasteiger partial charge >= 0.3 is 0 Å². The summed E-state index contributed by atoms with van der Waals surface area (Å²) in [6.07, 6.45) is 12.6. The van der Waals surface area contributed by atoms with Gasteiger partial charge in [-0.15, -0.1) is 0 Å². The van der Waals surface area contributed by atoms with E-state index in [4.69, 9.17) is 12.2 Å². The van der Waals surface area contributed by atoms with Crippen molar-refractivity contribution >= 4 is 17.2 Å². The Morgan fingerprint density at radius 1 is 0.967 bits per heavy atom. The molecule has 1 aromatic heterocycles. The van der Waals surface area contributed by atoms with Crippen LogP contribution in [0.4, 0.5) is 0 Å². The maximum Gasteiger partial charge on any atom is 0.0984 e. The van der Waals surface area contributed by atoms with Crippen LogP contribution in [0.5, 0.6) is 0 Å². The van der Waals surface area contributed by atoms with E-state index in [2.05, 4.69) is 89.2 Å². The summed E-state index contributed by atoms with van der Waals surface area (Å²) in [4.78, 5) is 5.00. The van der Waals surface area contributed by atoms with Gasteiger partial charge < -0.3 is 5.32 Å². The van der Waals surface area contributed by atoms with Crippen LogP contribution in [0.1, 0.15) is 36.0 Å². The van der Waals surface area contributed by atoms with Gasteiger partial charge in [-0.2, -0.15) is 0 Å². The number of unbranched alkanes of at least 4 members (excludes halogenated alkanes) is 1. The van der Waals surface area contributed by atoms with Crippen molar-refractivity contribution in [2.75, 3.05) is 6.54 Å². The van der Waals surface area contributed by atoms with E-state index in [1.807, 2.05) is 18.5 Å². The summed E-state index contributed by atoms with van der Waals surface area (Å²) in [5, 5.41) is 3.39. The number of allylic oxidation sites excluding steroid dienone is 1. The van der Waals surface area contributed by atoms with Crippen molar-refractivity contribution in [3.63, 3.8) is 0 Å². The Hall–Kier alpha value is -2.78. The molecule has 1 aliphatic rings. The molecule has 3 aromatic rings. The fraction of sp³-hybridized carbons (Fsp3) is 0.259. The standard InChI is InChI=1S/C27H28N2S/c30-26(29-19-8-7-10-22-11-9-18-28-21-22)17-16-25-20-27(25,23-12-3-1-4-13-23)24-14-5-2-6-15-24/h1-6,9,11-18,21,25H,7-8,10,19-20H2,(H,29,30)/b17-16+/t25-/m0/s1. The smallest absolute Gasteiger partial charge is 0.0984 e. The zero-order chi connectivity index (χ0) is 20.7. The Morgan fingerprint density at radius 2 is 1.67 bits per heavy atom. The second-order valence-electron chi connectivity index (χ2n) is 7.98. The Balaban J connectivity index is 1.30. The summed E-state index contributed by atoms with van der Waals surface area (Å²) in [6, 6.07) is 25.8. The van der Waals surface area contributed by atoms with Crippen LogP contribution in [0, 0.1) is 5.92 Å². The molecule has 0 amide bonds. The van der Waals surface area contributed by atoms with Crippen LogP contribution < -0.4 is 5.32 Å². The highest BCUT2D eigenvalue weighted by atomic mass is 32.1. The lowest BCUT2D eigenvalue weighted by molar-refractivity contribution is 0.711. The minimum absolute atomic E-state index is 0.0817. The molecule has 2 aromatic carbocycles. The van der Waals surface area contributed by atoms with Crippen molar-refractivity contribution < 1.29 is 0 Å². The molecule has 2 nitrogen and oxygen atoms in total. The third-order valence-corrected chi connectivity index (χ3v) is 6.27. The second kappa shape index (κ2) is 9.82. The Kier molecular flexibility index (Phi) is 6.70. The van der Waals surface area contributed by atoms with Crippen molar-refractivity contribution in [1.29, 1.82) is 0 Å². The van der Waals surface area contributed by atoms with Crippen LogP contribution in [0.15, 0.2) is 97.3 Å². The first-order valence-corrected chi connectivity index (χ1v) is 11.2. The number of thiocarbonyl (C=S) groups is 1. The molecule has 1 heterocycles. The van der Waals surface area contributed by atoms with Gasteiger partial charge in [0.25, 0.3) is 0 Å². The van der Waals surface area contributed by atoms with E-state index < -0.39 is 0 Å². The van der Waals surface area contributed by atoms with Gasteiger partial charge in [0.15, 0.2) is 0 Å². The van der Waals surface area contributed by atoms with Gasteiger partial charge in [-0.25, -0.2) is 0 Å². The lowest BCUT2D eigenvalue weighted by atomic mass is 9.85. The molecule has 1 atom stereocenters. The van der Waals surface area contributed by atoms with Crippen LogP contribution in [0.3, 0.4) is 0 Å². The van der Waals surface area contributed by atoms with Crippen molar-refractivity contribution in [2.45, 2.75) is 31.1 Å². The molecular weight excluding hydrogens is 384 g/mol. The van der Waals surface area contributed by atoms with Crippen LogP contribution in [0.2, 0.25) is 0 Å². The number of aromatic nitrogens is 1. The van der Waals surface area contributed by atoms with E-state index in [0.717, 1.165) is 37.2 Å². The molecule has 0 spiro atoms. The molecular formula is C27H28N2S. The molecule has 4 rings (SSSR count). The fourth-order valence-electron chi connectivity index (χ4n) is 4.30. The molecule has 152 valence electrons. The monoisotopic (exact) mass is 412 g/mol. The third-order valence-electron chi connectivity index (χ3n) is 5.99. The summed E-state index contributed by atoms with van der Waals surface area (Å²) < 4.78 is 0. The summed E-state index contributed by atoms with van der Waals surface area (Å²) in [7, 11) is 0. The van der Waals surface area contributed by atoms with Gasteiger partial charge in [-0.1, -0.05) is 85.0 Å². The molecule has 0 radical (unpaired) electrons. The number of nitrogens with one attached hydrogen (secondary N) is 1. The minimum Gasteiger partial charge on any atom is -0.376 e. The predicted octanol–water partition coefficient (Wildman–Crippen LogP) is 5.88. The number of rotatable bonds is 9. The van der Waals surface area contributed by atoms with Crippen molar-refractivity contribution in [3.8, 4) is 0 Å². The summed E-state index contributed by atoms with van der Waals surface area (Å²) in [5.41, 5.74) is 4.16. The van der Waals surface area contributed by atoms with E-state index in [0.29, 0.717) is 5.92 Å². The third kappa shape index (κ3) is 4.85. The quantitative estimate of drug-likeness (QED) is 0.270. The summed E-state index contributed by atoms with van der Waals surface area (Å²) in [6.45, 7) is 0.913. The highest BCUT2D eigenvalue weighted by molar-refractivity contribution is 7.80. The van der Waals surface area contributed by atoms with Gasteiger partial charge in [0.1, 0.15) is 0 Å². The lowest BCUT2D eigenvalue weighted by Crippen LogP contribution is -2.20. The average Bonchev–Trinajstić information content (AvgIpc) is 3.55. The predicted molar refractivity (Wildman–Crippen MR) is 129 cm³/mol. The molecule has 1 N–H and O–H groups in total. The first-order valence-electron chi connectivity index (χ1n) is 10.7. The maximum absolute atomic E-state index is 5.54. The Labute approximate surface area is 185 Å². The van der Waals surface area contributed by atoms with Crippen molar-refractivity contribution in [2.24, 2.45) is 5.92 Å². The highest BCUT2D eigenvalue weighted by Crippen LogP contribution is 2.59. The number of hydrogen-bond donors (Lipinski definition) is 1. The maximum atomic E-state index is 5.54. The molecule has 0 bridgehead atoms. The molecule has 0 unspecified atom stereocenters. The second-order valence-corrected chi connectivity index (χ2v) is 8.42. The first kappa shape index (κ1) is 20.5. The van der Waals surface area contributed by atoms with Crippen molar-refractivity contribution in [3.05, 3.63) is 114 Å². The van der Waals surface area contributed by atoms with E-state index in [9.17, 15) is 0 Å². The normalized spacial score (nSPS) is 17.0. The van der Waals surface area contributed by atoms with E-state index in [1.54, 1.807) is 0 Å². The number of aryl methyl sites for hydroxylation is 1. The average molecular weight is 413 g/mol. The molecule has 30 heavy (non-hydrogen) atoms. The zero-order valence-corrected chi connectivity index (χ0v) is 18.0. The number of nitrogens with zero attached hydrogens (tertiary/aromatic N) is 1. The zero-order valence-electron chi connectivity index (χ0n) is 17.2. The number of benzene rings is 2. The minimum atomic E-state index is 0.0817. The molecule has 1 fully saturated rings. The molecule has 1 saturated carbocycles. The Morgan fingerprint density at radius 3 is 2.30 bits per heavy atom. The van der Waals surface area contributed by atoms with Gasteiger partial charge in [0.2, 0.25) is 0 Å². The SMILES string of the molecule is S=C(/C=C/[C@H]1CC1(c1ccccc1)c1ccccc1)NCCCCc1cccnc1. The first-order chi connectivity index (χ1) is 14.8. The summed E-state index contributed by atoms with van der Waals surface area (Å²) >= 11 is 5.54. The fourth-order valence-corrected chi connectivity index (χ4v) is 4.48. The summed E-state index contributed by atoms with van der Waals surface area (Å²) in [5.74, 6) is 0.479. The van der Waals surface area contributed by atoms with Crippen LogP contribution in [-0.2, 0) is 11.8 Å². The number of pyridine rings is 1. The number of hydrogen-bond acceptors (Lipinski definition) is 2. The topological polar surface area (TPSA) is 24.9 Å². The van der Waals surface area contributed by atoms with Crippen LogP contribution >= 0.6 is 12.2 Å². The van der Waals surface area contributed by atoms with Crippen LogP contribution in [0.25, 0.3) is 0 Å². The van der Waals surface area contributed by atoms with Crippen molar-refractivity contribution in [1.82, 2.24) is 10.3 Å². The van der Waals surface area contributed by atoms with E-state index in [-0.39, 0.29) is 5.41 Å².